The number of hydrogen-bond donors (Lipinski definition) is 2. The van der Waals surface area contributed by atoms with Gasteiger partial charge in [-0.25, -0.2) is 0 Å². The lowest BCUT2D eigenvalue weighted by Gasteiger charge is -2.22. The van der Waals surface area contributed by atoms with Crippen LogP contribution in [0.2, 0.25) is 0 Å². The first-order chi connectivity index (χ1) is 7.13. The first-order valence-corrected chi connectivity index (χ1v) is 5.90. The first kappa shape index (κ1) is 12.5. The van der Waals surface area contributed by atoms with Crippen LogP contribution in [0.15, 0.2) is 0 Å². The predicted molar refractivity (Wildman–Crippen MR) is 61.2 cm³/mol. The van der Waals surface area contributed by atoms with Crippen LogP contribution in [0.3, 0.4) is 0 Å². The van der Waals surface area contributed by atoms with Gasteiger partial charge in [-0.05, 0) is 38.3 Å². The van der Waals surface area contributed by atoms with Crippen LogP contribution in [-0.4, -0.2) is 36.5 Å². The maximum atomic E-state index is 10.8. The monoisotopic (exact) mass is 213 g/mol. The third-order valence-corrected chi connectivity index (χ3v) is 3.34. The fourth-order valence-corrected chi connectivity index (χ4v) is 2.18. The van der Waals surface area contributed by atoms with Gasteiger partial charge in [0.15, 0.2) is 0 Å². The minimum atomic E-state index is -0.511. The Balaban J connectivity index is 2.34. The zero-order valence-corrected chi connectivity index (χ0v) is 9.61. The third kappa shape index (κ3) is 4.18. The Kier molecular flexibility index (Phi) is 5.05. The molecule has 2 atom stereocenters. The fourth-order valence-electron chi connectivity index (χ4n) is 2.18. The van der Waals surface area contributed by atoms with Crippen LogP contribution >= 0.6 is 0 Å². The van der Waals surface area contributed by atoms with Gasteiger partial charge in [0.1, 0.15) is 0 Å². The summed E-state index contributed by atoms with van der Waals surface area (Å²) < 4.78 is 0. The molecule has 4 N–H and O–H groups in total. The molecule has 15 heavy (non-hydrogen) atoms. The molecule has 1 fully saturated rings. The fraction of sp³-hybridized carbons (Fsp3) is 0.909. The number of likely N-dealkylation sites (tertiary alicyclic amines) is 1. The first-order valence-electron chi connectivity index (χ1n) is 5.90. The number of hydrogen-bond acceptors (Lipinski definition) is 3. The van der Waals surface area contributed by atoms with E-state index < -0.39 is 11.9 Å². The van der Waals surface area contributed by atoms with Gasteiger partial charge in [-0.1, -0.05) is 13.3 Å². The van der Waals surface area contributed by atoms with Crippen molar-refractivity contribution in [2.75, 3.05) is 19.6 Å². The van der Waals surface area contributed by atoms with Crippen molar-refractivity contribution >= 4 is 5.91 Å². The Morgan fingerprint density at radius 3 is 2.80 bits per heavy atom. The van der Waals surface area contributed by atoms with E-state index in [1.807, 2.05) is 0 Å². The molecule has 4 nitrogen and oxygen atoms in total. The molecule has 1 heterocycles. The summed E-state index contributed by atoms with van der Waals surface area (Å²) in [4.78, 5) is 13.1. The Bertz CT molecular complexity index is 208. The molecule has 0 radical (unpaired) electrons. The zero-order chi connectivity index (χ0) is 11.3. The Labute approximate surface area is 92.0 Å². The van der Waals surface area contributed by atoms with Gasteiger partial charge in [-0.3, -0.25) is 4.79 Å². The molecule has 0 aromatic carbocycles. The maximum Gasteiger partial charge on any atom is 0.235 e. The van der Waals surface area contributed by atoms with E-state index >= 15 is 0 Å². The quantitative estimate of drug-likeness (QED) is 0.706. The average molecular weight is 213 g/mol. The van der Waals surface area contributed by atoms with Crippen molar-refractivity contribution in [2.24, 2.45) is 17.4 Å². The number of carbonyl (C=O) groups is 1. The molecule has 2 unspecified atom stereocenters. The number of amides is 1. The molecule has 1 aliphatic rings. The van der Waals surface area contributed by atoms with E-state index in [9.17, 15) is 4.79 Å². The molecule has 1 aliphatic heterocycles. The van der Waals surface area contributed by atoms with Crippen molar-refractivity contribution in [1.29, 1.82) is 0 Å². The summed E-state index contributed by atoms with van der Waals surface area (Å²) in [5.74, 6) is 0.450. The van der Waals surface area contributed by atoms with E-state index in [0.717, 1.165) is 19.0 Å². The minimum Gasteiger partial charge on any atom is -0.368 e. The van der Waals surface area contributed by atoms with E-state index in [4.69, 9.17) is 11.5 Å². The van der Waals surface area contributed by atoms with Crippen LogP contribution < -0.4 is 11.5 Å². The summed E-state index contributed by atoms with van der Waals surface area (Å²) in [6.07, 6.45) is 5.00. The third-order valence-electron chi connectivity index (χ3n) is 3.34. The molecule has 0 bridgehead atoms. The number of primary amides is 1. The Morgan fingerprint density at radius 1 is 1.47 bits per heavy atom. The summed E-state index contributed by atoms with van der Waals surface area (Å²) in [5, 5.41) is 0. The number of carbonyl (C=O) groups excluding carboxylic acids is 1. The molecule has 0 saturated carbocycles. The van der Waals surface area contributed by atoms with E-state index in [1.165, 1.54) is 25.7 Å². The predicted octanol–water partition coefficient (Wildman–Crippen LogP) is 0.311. The van der Waals surface area contributed by atoms with E-state index in [1.54, 1.807) is 0 Å². The molecule has 4 heteroatoms. The maximum absolute atomic E-state index is 10.8. The highest BCUT2D eigenvalue weighted by Crippen LogP contribution is 2.19. The highest BCUT2D eigenvalue weighted by molar-refractivity contribution is 5.79. The molecule has 0 aromatic heterocycles. The van der Waals surface area contributed by atoms with Crippen molar-refractivity contribution in [2.45, 2.75) is 38.6 Å². The topological polar surface area (TPSA) is 72.3 Å². The van der Waals surface area contributed by atoms with Crippen LogP contribution in [0.25, 0.3) is 0 Å². The van der Waals surface area contributed by atoms with Crippen molar-refractivity contribution in [3.8, 4) is 0 Å². The average Bonchev–Trinajstić information content (AvgIpc) is 2.43. The minimum absolute atomic E-state index is 0.397. The summed E-state index contributed by atoms with van der Waals surface area (Å²) in [6.45, 7) is 4.97. The highest BCUT2D eigenvalue weighted by atomic mass is 16.1. The summed E-state index contributed by atoms with van der Waals surface area (Å²) >= 11 is 0. The second-order valence-corrected chi connectivity index (χ2v) is 4.51. The van der Waals surface area contributed by atoms with Gasteiger partial charge in [0.2, 0.25) is 5.91 Å². The standard InChI is InChI=1S/C11H23N3O/c1-2-9-4-3-6-14(7-5-9)8-10(12)11(13)15/h9-10H,2-8,12H2,1H3,(H2,13,15). The molecule has 1 saturated heterocycles. The van der Waals surface area contributed by atoms with Gasteiger partial charge < -0.3 is 16.4 Å². The summed E-state index contributed by atoms with van der Waals surface area (Å²) in [7, 11) is 0. The SMILES string of the molecule is CCC1CCCN(CC(N)C(N)=O)CC1. The molecule has 0 aliphatic carbocycles. The van der Waals surface area contributed by atoms with Crippen LogP contribution in [0.1, 0.15) is 32.6 Å². The van der Waals surface area contributed by atoms with Gasteiger partial charge in [0.25, 0.3) is 0 Å². The van der Waals surface area contributed by atoms with Crippen molar-refractivity contribution < 1.29 is 4.79 Å². The van der Waals surface area contributed by atoms with Crippen LogP contribution in [0.4, 0.5) is 0 Å². The van der Waals surface area contributed by atoms with E-state index in [0.29, 0.717) is 6.54 Å². The summed E-state index contributed by atoms with van der Waals surface area (Å²) in [5.41, 5.74) is 10.8. The lowest BCUT2D eigenvalue weighted by molar-refractivity contribution is -0.119. The number of rotatable bonds is 4. The molecule has 0 aromatic rings. The molecule has 1 amide bonds. The van der Waals surface area contributed by atoms with Gasteiger partial charge in [-0.2, -0.15) is 0 Å². The normalized spacial score (nSPS) is 25.9. The van der Waals surface area contributed by atoms with E-state index in [2.05, 4.69) is 11.8 Å². The molecule has 0 spiro atoms. The number of nitrogens with zero attached hydrogens (tertiary/aromatic N) is 1. The van der Waals surface area contributed by atoms with Gasteiger partial charge in [0.05, 0.1) is 6.04 Å². The zero-order valence-electron chi connectivity index (χ0n) is 9.61. The summed E-state index contributed by atoms with van der Waals surface area (Å²) in [6, 6.07) is -0.511. The Morgan fingerprint density at radius 2 is 2.20 bits per heavy atom. The largest absolute Gasteiger partial charge is 0.368 e. The van der Waals surface area contributed by atoms with Crippen LogP contribution in [0, 0.1) is 5.92 Å². The van der Waals surface area contributed by atoms with Crippen LogP contribution in [0.5, 0.6) is 0 Å². The smallest absolute Gasteiger partial charge is 0.235 e. The second-order valence-electron chi connectivity index (χ2n) is 4.51. The van der Waals surface area contributed by atoms with Gasteiger partial charge >= 0.3 is 0 Å². The molecule has 1 rings (SSSR count). The molecular formula is C11H23N3O. The lowest BCUT2D eigenvalue weighted by Crippen LogP contribution is -2.46. The van der Waals surface area contributed by atoms with Gasteiger partial charge in [-0.15, -0.1) is 0 Å². The lowest BCUT2D eigenvalue weighted by atomic mass is 9.98. The van der Waals surface area contributed by atoms with Crippen LogP contribution in [-0.2, 0) is 4.79 Å². The van der Waals surface area contributed by atoms with Crippen molar-refractivity contribution in [1.82, 2.24) is 4.90 Å². The molecular weight excluding hydrogens is 190 g/mol. The van der Waals surface area contributed by atoms with Crippen molar-refractivity contribution in [3.05, 3.63) is 0 Å². The molecule has 88 valence electrons. The van der Waals surface area contributed by atoms with Gasteiger partial charge in [0, 0.05) is 6.54 Å². The second kappa shape index (κ2) is 6.08. The number of nitrogens with two attached hydrogens (primary N) is 2. The Hall–Kier alpha value is -0.610. The van der Waals surface area contributed by atoms with E-state index in [-0.39, 0.29) is 0 Å². The highest BCUT2D eigenvalue weighted by Gasteiger charge is 2.19. The van der Waals surface area contributed by atoms with Crippen molar-refractivity contribution in [3.63, 3.8) is 0 Å².